The maximum Gasteiger partial charge on any atom is 0.239 e. The van der Waals surface area contributed by atoms with E-state index in [1.54, 1.807) is 6.26 Å². The fourth-order valence-electron chi connectivity index (χ4n) is 3.46. The number of rotatable bonds is 7. The molecule has 1 aliphatic rings. The van der Waals surface area contributed by atoms with Gasteiger partial charge >= 0.3 is 0 Å². The Morgan fingerprint density at radius 2 is 1.94 bits per heavy atom. The van der Waals surface area contributed by atoms with E-state index in [2.05, 4.69) is 43.0 Å². The molecule has 3 aromatic rings. The molecule has 33 heavy (non-hydrogen) atoms. The van der Waals surface area contributed by atoms with Crippen LogP contribution in [0.4, 0.5) is 5.69 Å². The lowest BCUT2D eigenvalue weighted by molar-refractivity contribution is -0.120. The number of nitrogens with one attached hydrogen (secondary N) is 3. The van der Waals surface area contributed by atoms with Crippen LogP contribution in [0, 0.1) is 0 Å². The van der Waals surface area contributed by atoms with E-state index in [1.165, 1.54) is 0 Å². The molecule has 8 nitrogen and oxygen atoms in total. The number of piperazine rings is 1. The predicted molar refractivity (Wildman–Crippen MR) is 141 cm³/mol. The Morgan fingerprint density at radius 1 is 1.15 bits per heavy atom. The summed E-state index contributed by atoms with van der Waals surface area (Å²) in [5.41, 5.74) is 3.91. The molecular weight excluding hydrogens is 531 g/mol. The molecule has 0 radical (unpaired) electrons. The average Bonchev–Trinajstić information content (AvgIpc) is 3.31. The summed E-state index contributed by atoms with van der Waals surface area (Å²) in [7, 11) is 0. The van der Waals surface area contributed by atoms with Crippen LogP contribution in [-0.2, 0) is 17.9 Å². The minimum atomic E-state index is 0. The molecule has 0 bridgehead atoms. The second-order valence-corrected chi connectivity index (χ2v) is 7.50. The largest absolute Gasteiger partial charge is 0.444 e. The number of anilines is 1. The van der Waals surface area contributed by atoms with Crippen LogP contribution in [0.3, 0.4) is 0 Å². The Balaban J connectivity index is 0.00000306. The van der Waals surface area contributed by atoms with Crippen LogP contribution in [0.15, 0.2) is 70.3 Å². The summed E-state index contributed by atoms with van der Waals surface area (Å²) in [6.45, 7) is 5.76. The van der Waals surface area contributed by atoms with Gasteiger partial charge in [0.2, 0.25) is 11.8 Å². The van der Waals surface area contributed by atoms with Gasteiger partial charge in [-0.2, -0.15) is 0 Å². The lowest BCUT2D eigenvalue weighted by Crippen LogP contribution is -2.47. The minimum Gasteiger partial charge on any atom is -0.444 e. The lowest BCUT2D eigenvalue weighted by atomic mass is 10.2. The summed E-state index contributed by atoms with van der Waals surface area (Å²) in [6.07, 6.45) is 1.67. The van der Waals surface area contributed by atoms with Gasteiger partial charge in [0.15, 0.2) is 5.96 Å². The van der Waals surface area contributed by atoms with E-state index in [0.717, 1.165) is 35.6 Å². The number of halogens is 1. The van der Waals surface area contributed by atoms with Crippen molar-refractivity contribution in [3.63, 3.8) is 0 Å². The van der Waals surface area contributed by atoms with Crippen LogP contribution >= 0.6 is 24.0 Å². The van der Waals surface area contributed by atoms with Crippen molar-refractivity contribution in [3.05, 3.63) is 72.1 Å². The normalized spacial score (nSPS) is 13.8. The van der Waals surface area contributed by atoms with Crippen LogP contribution in [0.5, 0.6) is 0 Å². The van der Waals surface area contributed by atoms with Crippen molar-refractivity contribution in [2.45, 2.75) is 20.0 Å². The number of aliphatic imine (C=N–C) groups is 1. The van der Waals surface area contributed by atoms with Crippen molar-refractivity contribution in [1.82, 2.24) is 20.9 Å². The molecule has 1 amide bonds. The Morgan fingerprint density at radius 3 is 2.67 bits per heavy atom. The number of oxazole rings is 1. The summed E-state index contributed by atoms with van der Waals surface area (Å²) in [5, 5.41) is 9.41. The summed E-state index contributed by atoms with van der Waals surface area (Å²) < 4.78 is 5.60. The van der Waals surface area contributed by atoms with Gasteiger partial charge in [-0.05, 0) is 36.8 Å². The molecule has 4 rings (SSSR count). The second-order valence-electron chi connectivity index (χ2n) is 7.50. The minimum absolute atomic E-state index is 0. The van der Waals surface area contributed by atoms with E-state index in [1.807, 2.05) is 49.4 Å². The topological polar surface area (TPSA) is 94.8 Å². The Bertz CT molecular complexity index is 1050. The van der Waals surface area contributed by atoms with Crippen molar-refractivity contribution in [3.8, 4) is 11.5 Å². The Labute approximate surface area is 210 Å². The standard InChI is InChI=1S/C24H28N6O2.HI/c1-2-25-24(28-15-20-17-32-23(29-20)19-6-4-3-5-7-19)27-14-18-8-10-21(11-9-18)30-13-12-26-22(31)16-30;/h3-11,17H,2,12-16H2,1H3,(H,26,31)(H2,25,27,28);1H. The molecule has 0 atom stereocenters. The first-order valence-electron chi connectivity index (χ1n) is 10.8. The van der Waals surface area contributed by atoms with Gasteiger partial charge in [0, 0.05) is 30.9 Å². The van der Waals surface area contributed by atoms with Gasteiger partial charge < -0.3 is 25.3 Å². The molecule has 3 N–H and O–H groups in total. The predicted octanol–water partition coefficient (Wildman–Crippen LogP) is 3.15. The maximum absolute atomic E-state index is 11.6. The Kier molecular flexibility index (Phi) is 9.11. The highest BCUT2D eigenvalue weighted by Gasteiger charge is 2.16. The molecule has 2 heterocycles. The quantitative estimate of drug-likeness (QED) is 0.234. The number of hydrogen-bond donors (Lipinski definition) is 3. The second kappa shape index (κ2) is 12.2. The van der Waals surface area contributed by atoms with E-state index in [9.17, 15) is 4.79 Å². The first kappa shape index (κ1) is 24.6. The van der Waals surface area contributed by atoms with Crippen LogP contribution in [-0.4, -0.2) is 43.0 Å². The molecule has 0 unspecified atom stereocenters. The first-order chi connectivity index (χ1) is 15.7. The van der Waals surface area contributed by atoms with Crippen molar-refractivity contribution in [2.24, 2.45) is 4.99 Å². The van der Waals surface area contributed by atoms with Crippen LogP contribution < -0.4 is 20.9 Å². The van der Waals surface area contributed by atoms with E-state index < -0.39 is 0 Å². The molecule has 2 aromatic carbocycles. The van der Waals surface area contributed by atoms with Crippen molar-refractivity contribution >= 4 is 41.5 Å². The van der Waals surface area contributed by atoms with E-state index in [-0.39, 0.29) is 29.9 Å². The first-order valence-corrected chi connectivity index (χ1v) is 10.8. The van der Waals surface area contributed by atoms with Crippen LogP contribution in [0.25, 0.3) is 11.5 Å². The molecule has 1 saturated heterocycles. The number of hydrogen-bond acceptors (Lipinski definition) is 5. The molecule has 0 spiro atoms. The van der Waals surface area contributed by atoms with Crippen LogP contribution in [0.2, 0.25) is 0 Å². The van der Waals surface area contributed by atoms with Gasteiger partial charge in [0.1, 0.15) is 6.26 Å². The van der Waals surface area contributed by atoms with Gasteiger partial charge in [0.05, 0.1) is 25.3 Å². The molecule has 174 valence electrons. The number of carbonyl (C=O) groups is 1. The highest BCUT2D eigenvalue weighted by atomic mass is 127. The summed E-state index contributed by atoms with van der Waals surface area (Å²) >= 11 is 0. The summed E-state index contributed by atoms with van der Waals surface area (Å²) in [6, 6.07) is 18.0. The summed E-state index contributed by atoms with van der Waals surface area (Å²) in [5.74, 6) is 1.39. The average molecular weight is 560 g/mol. The van der Waals surface area contributed by atoms with Gasteiger partial charge in [-0.3, -0.25) is 4.79 Å². The van der Waals surface area contributed by atoms with Crippen LogP contribution in [0.1, 0.15) is 18.2 Å². The molecule has 1 fully saturated rings. The number of nitrogens with zero attached hydrogens (tertiary/aromatic N) is 3. The SMILES string of the molecule is CCNC(=NCc1ccc(N2CCNC(=O)C2)cc1)NCc1coc(-c2ccccc2)n1.I. The third-order valence-corrected chi connectivity index (χ3v) is 5.11. The number of aromatic nitrogens is 1. The zero-order chi connectivity index (χ0) is 22.2. The third kappa shape index (κ3) is 6.95. The zero-order valence-electron chi connectivity index (χ0n) is 18.6. The van der Waals surface area contributed by atoms with Crippen molar-refractivity contribution in [1.29, 1.82) is 0 Å². The monoisotopic (exact) mass is 560 g/mol. The molecule has 0 saturated carbocycles. The maximum atomic E-state index is 11.6. The van der Waals surface area contributed by atoms with Crippen molar-refractivity contribution < 1.29 is 9.21 Å². The number of benzene rings is 2. The third-order valence-electron chi connectivity index (χ3n) is 5.11. The van der Waals surface area contributed by atoms with Gasteiger partial charge in [-0.1, -0.05) is 30.3 Å². The summed E-state index contributed by atoms with van der Waals surface area (Å²) in [4.78, 5) is 22.9. The highest BCUT2D eigenvalue weighted by Crippen LogP contribution is 2.18. The molecule has 1 aromatic heterocycles. The fraction of sp³-hybridized carbons (Fsp3) is 0.292. The molecular formula is C24H29IN6O2. The number of guanidine groups is 1. The smallest absolute Gasteiger partial charge is 0.239 e. The van der Waals surface area contributed by atoms with Gasteiger partial charge in [-0.25, -0.2) is 9.98 Å². The van der Waals surface area contributed by atoms with Gasteiger partial charge in [0.25, 0.3) is 0 Å². The van der Waals surface area contributed by atoms with Crippen molar-refractivity contribution in [2.75, 3.05) is 31.1 Å². The number of carbonyl (C=O) groups excluding carboxylic acids is 1. The molecule has 0 aliphatic carbocycles. The van der Waals surface area contributed by atoms with E-state index in [4.69, 9.17) is 4.42 Å². The zero-order valence-corrected chi connectivity index (χ0v) is 20.9. The number of amides is 1. The lowest BCUT2D eigenvalue weighted by Gasteiger charge is -2.28. The highest BCUT2D eigenvalue weighted by molar-refractivity contribution is 14.0. The molecule has 1 aliphatic heterocycles. The molecule has 9 heteroatoms. The van der Waals surface area contributed by atoms with Gasteiger partial charge in [-0.15, -0.1) is 24.0 Å². The Hall–Kier alpha value is -3.08. The van der Waals surface area contributed by atoms with E-state index in [0.29, 0.717) is 38.0 Å². The fourth-order valence-corrected chi connectivity index (χ4v) is 3.46. The van der Waals surface area contributed by atoms with E-state index >= 15 is 0 Å².